The second-order valence-corrected chi connectivity index (χ2v) is 3.90. The second-order valence-electron chi connectivity index (χ2n) is 3.90. The smallest absolute Gasteiger partial charge is 0.252 e. The highest BCUT2D eigenvalue weighted by Crippen LogP contribution is 2.09. The van der Waals surface area contributed by atoms with E-state index in [1.54, 1.807) is 16.9 Å². The van der Waals surface area contributed by atoms with Crippen LogP contribution in [0, 0.1) is 6.92 Å². The maximum absolute atomic E-state index is 11.8. The molecule has 0 aliphatic heterocycles. The average Bonchev–Trinajstić information content (AvgIpc) is 2.79. The first-order chi connectivity index (χ1) is 8.20. The molecule has 1 N–H and O–H groups in total. The summed E-state index contributed by atoms with van der Waals surface area (Å²) in [7, 11) is 0. The monoisotopic (exact) mass is 232 g/mol. The average molecular weight is 232 g/mol. The fraction of sp³-hybridized carbons (Fsp3) is 0.308. The van der Waals surface area contributed by atoms with Gasteiger partial charge in [-0.3, -0.25) is 4.79 Å². The zero-order valence-corrected chi connectivity index (χ0v) is 10.1. The van der Waals surface area contributed by atoms with Crippen LogP contribution in [0.4, 0.5) is 5.69 Å². The van der Waals surface area contributed by atoms with Gasteiger partial charge in [0.15, 0.2) is 0 Å². The van der Waals surface area contributed by atoms with E-state index in [0.717, 1.165) is 17.1 Å². The first kappa shape index (κ1) is 11.5. The summed E-state index contributed by atoms with van der Waals surface area (Å²) in [5, 5.41) is 3.17. The Hall–Kier alpha value is -1.97. The zero-order chi connectivity index (χ0) is 12.3. The van der Waals surface area contributed by atoms with Crippen LogP contribution in [-0.4, -0.2) is 4.57 Å². The van der Waals surface area contributed by atoms with Gasteiger partial charge in [-0.15, -0.1) is 0 Å². The van der Waals surface area contributed by atoms with Crippen LogP contribution in [0.25, 0.3) is 0 Å². The Morgan fingerprint density at radius 3 is 2.82 bits per heavy atom. The van der Waals surface area contributed by atoms with Crippen molar-refractivity contribution >= 4 is 5.69 Å². The van der Waals surface area contributed by atoms with Crippen LogP contribution in [0.5, 0.6) is 0 Å². The number of nitrogens with zero attached hydrogens (tertiary/aromatic N) is 1. The molecule has 90 valence electrons. The molecule has 0 saturated heterocycles. The van der Waals surface area contributed by atoms with Gasteiger partial charge in [0, 0.05) is 24.0 Å². The highest BCUT2D eigenvalue weighted by Gasteiger charge is 2.02. The minimum atomic E-state index is 0.0226. The molecule has 0 radical (unpaired) electrons. The molecule has 4 nitrogen and oxygen atoms in total. The van der Waals surface area contributed by atoms with Crippen LogP contribution >= 0.6 is 0 Å². The van der Waals surface area contributed by atoms with Gasteiger partial charge in [0.1, 0.15) is 5.76 Å². The number of hydrogen-bond acceptors (Lipinski definition) is 3. The summed E-state index contributed by atoms with van der Waals surface area (Å²) in [5.74, 6) is 0.849. The van der Waals surface area contributed by atoms with E-state index in [1.165, 1.54) is 0 Å². The first-order valence-electron chi connectivity index (χ1n) is 5.68. The molecule has 0 aliphatic rings. The normalized spacial score (nSPS) is 10.5. The van der Waals surface area contributed by atoms with Crippen molar-refractivity contribution in [2.24, 2.45) is 0 Å². The van der Waals surface area contributed by atoms with Crippen molar-refractivity contribution < 1.29 is 4.42 Å². The van der Waals surface area contributed by atoms with E-state index in [2.05, 4.69) is 5.32 Å². The fourth-order valence-electron chi connectivity index (χ4n) is 1.84. The molecule has 0 saturated carbocycles. The van der Waals surface area contributed by atoms with Crippen LogP contribution in [0.3, 0.4) is 0 Å². The van der Waals surface area contributed by atoms with Gasteiger partial charge >= 0.3 is 0 Å². The number of anilines is 1. The van der Waals surface area contributed by atoms with Gasteiger partial charge in [-0.25, -0.2) is 0 Å². The Morgan fingerprint density at radius 2 is 2.24 bits per heavy atom. The molecule has 2 aromatic heterocycles. The third-order valence-electron chi connectivity index (χ3n) is 2.70. The van der Waals surface area contributed by atoms with Crippen LogP contribution in [0.15, 0.2) is 39.7 Å². The number of pyridine rings is 1. The van der Waals surface area contributed by atoms with Crippen LogP contribution in [0.2, 0.25) is 0 Å². The minimum Gasteiger partial charge on any atom is -0.467 e. The third kappa shape index (κ3) is 2.58. The van der Waals surface area contributed by atoms with E-state index in [1.807, 2.05) is 32.0 Å². The van der Waals surface area contributed by atoms with E-state index in [-0.39, 0.29) is 5.56 Å². The fourth-order valence-corrected chi connectivity index (χ4v) is 1.84. The van der Waals surface area contributed by atoms with Gasteiger partial charge in [-0.2, -0.15) is 0 Å². The quantitative estimate of drug-likeness (QED) is 0.880. The highest BCUT2D eigenvalue weighted by molar-refractivity contribution is 5.43. The molecule has 0 bridgehead atoms. The molecule has 4 heteroatoms. The van der Waals surface area contributed by atoms with Gasteiger partial charge in [0.05, 0.1) is 12.8 Å². The second kappa shape index (κ2) is 4.91. The molecule has 0 fully saturated rings. The predicted molar refractivity (Wildman–Crippen MR) is 67.1 cm³/mol. The molecular formula is C13H16N2O2. The van der Waals surface area contributed by atoms with Crippen molar-refractivity contribution in [1.29, 1.82) is 0 Å². The van der Waals surface area contributed by atoms with E-state index in [0.29, 0.717) is 13.1 Å². The van der Waals surface area contributed by atoms with Gasteiger partial charge < -0.3 is 14.3 Å². The lowest BCUT2D eigenvalue weighted by atomic mass is 10.3. The van der Waals surface area contributed by atoms with E-state index < -0.39 is 0 Å². The topological polar surface area (TPSA) is 47.2 Å². The van der Waals surface area contributed by atoms with Gasteiger partial charge in [-0.1, -0.05) is 0 Å². The minimum absolute atomic E-state index is 0.0226. The molecule has 17 heavy (non-hydrogen) atoms. The van der Waals surface area contributed by atoms with Crippen LogP contribution in [-0.2, 0) is 13.1 Å². The van der Waals surface area contributed by atoms with Crippen molar-refractivity contribution in [3.05, 3.63) is 52.3 Å². The lowest BCUT2D eigenvalue weighted by Crippen LogP contribution is -2.21. The van der Waals surface area contributed by atoms with Crippen LogP contribution in [0.1, 0.15) is 18.4 Å². The Bertz CT molecular complexity index is 541. The summed E-state index contributed by atoms with van der Waals surface area (Å²) < 4.78 is 6.95. The summed E-state index contributed by atoms with van der Waals surface area (Å²) in [6.07, 6.45) is 1.64. The Labute approximate surface area is 99.9 Å². The van der Waals surface area contributed by atoms with Gasteiger partial charge in [0.25, 0.3) is 5.56 Å². The van der Waals surface area contributed by atoms with Crippen molar-refractivity contribution in [1.82, 2.24) is 4.57 Å². The van der Waals surface area contributed by atoms with Crippen molar-refractivity contribution in [3.8, 4) is 0 Å². The number of aryl methyl sites for hydroxylation is 1. The summed E-state index contributed by atoms with van der Waals surface area (Å²) in [6, 6.07) is 7.32. The predicted octanol–water partition coefficient (Wildman–Crippen LogP) is 2.38. The Balaban J connectivity index is 2.15. The maximum atomic E-state index is 11.8. The number of furan rings is 1. The highest BCUT2D eigenvalue weighted by atomic mass is 16.3. The largest absolute Gasteiger partial charge is 0.467 e. The molecule has 0 amide bonds. The van der Waals surface area contributed by atoms with Gasteiger partial charge in [0.2, 0.25) is 0 Å². The standard InChI is InChI=1S/C13H16N2O2/c1-3-15-10(2)7-11(8-13(15)16)14-9-12-5-4-6-17-12/h4-8,14H,3,9H2,1-2H3. The Kier molecular flexibility index (Phi) is 3.32. The zero-order valence-electron chi connectivity index (χ0n) is 10.1. The molecule has 2 rings (SSSR count). The number of nitrogens with one attached hydrogen (secondary N) is 1. The van der Waals surface area contributed by atoms with Crippen molar-refractivity contribution in [2.75, 3.05) is 5.32 Å². The molecule has 0 aromatic carbocycles. The first-order valence-corrected chi connectivity index (χ1v) is 5.68. The van der Waals surface area contributed by atoms with Crippen molar-refractivity contribution in [2.45, 2.75) is 26.9 Å². The summed E-state index contributed by atoms with van der Waals surface area (Å²) >= 11 is 0. The van der Waals surface area contributed by atoms with E-state index >= 15 is 0 Å². The molecule has 2 heterocycles. The maximum Gasteiger partial charge on any atom is 0.252 e. The number of hydrogen-bond donors (Lipinski definition) is 1. The molecule has 2 aromatic rings. The van der Waals surface area contributed by atoms with E-state index in [4.69, 9.17) is 4.42 Å². The molecule has 0 atom stereocenters. The lowest BCUT2D eigenvalue weighted by molar-refractivity contribution is 0.518. The molecule has 0 unspecified atom stereocenters. The van der Waals surface area contributed by atoms with Gasteiger partial charge in [-0.05, 0) is 32.0 Å². The molecule has 0 spiro atoms. The summed E-state index contributed by atoms with van der Waals surface area (Å²) in [5.41, 5.74) is 1.81. The van der Waals surface area contributed by atoms with Crippen LogP contribution < -0.4 is 10.9 Å². The number of aromatic nitrogens is 1. The number of rotatable bonds is 4. The Morgan fingerprint density at radius 1 is 1.41 bits per heavy atom. The summed E-state index contributed by atoms with van der Waals surface area (Å²) in [4.78, 5) is 11.8. The van der Waals surface area contributed by atoms with Crippen molar-refractivity contribution in [3.63, 3.8) is 0 Å². The van der Waals surface area contributed by atoms with E-state index in [9.17, 15) is 4.79 Å². The molecular weight excluding hydrogens is 216 g/mol. The molecule has 0 aliphatic carbocycles. The summed E-state index contributed by atoms with van der Waals surface area (Å²) in [6.45, 7) is 5.18. The lowest BCUT2D eigenvalue weighted by Gasteiger charge is -2.10. The SMILES string of the molecule is CCn1c(C)cc(NCc2ccco2)cc1=O. The third-order valence-corrected chi connectivity index (χ3v) is 2.70.